The second kappa shape index (κ2) is 7.07. The minimum absolute atomic E-state index is 0.000981. The summed E-state index contributed by atoms with van der Waals surface area (Å²) in [5.74, 6) is 0.00934. The summed E-state index contributed by atoms with van der Waals surface area (Å²) in [6.07, 6.45) is 6.27. The summed E-state index contributed by atoms with van der Waals surface area (Å²) in [4.78, 5) is 27.2. The summed E-state index contributed by atoms with van der Waals surface area (Å²) >= 11 is 0. The van der Waals surface area contributed by atoms with E-state index in [1.54, 1.807) is 16.8 Å². The maximum absolute atomic E-state index is 12.6. The van der Waals surface area contributed by atoms with Gasteiger partial charge in [0.2, 0.25) is 5.91 Å². The quantitative estimate of drug-likeness (QED) is 0.864. The van der Waals surface area contributed by atoms with Gasteiger partial charge in [0.15, 0.2) is 0 Å². The molecule has 0 unspecified atom stereocenters. The summed E-state index contributed by atoms with van der Waals surface area (Å²) in [6.45, 7) is 0.987. The van der Waals surface area contributed by atoms with Crippen molar-refractivity contribution in [3.8, 4) is 0 Å². The van der Waals surface area contributed by atoms with Crippen LogP contribution in [0.2, 0.25) is 0 Å². The first-order chi connectivity index (χ1) is 12.6. The van der Waals surface area contributed by atoms with Crippen molar-refractivity contribution in [1.82, 2.24) is 25.1 Å². The number of nitrogens with one attached hydrogen (secondary N) is 2. The van der Waals surface area contributed by atoms with Crippen LogP contribution in [0.3, 0.4) is 0 Å². The molecule has 3 heterocycles. The lowest BCUT2D eigenvalue weighted by molar-refractivity contribution is -0.125. The minimum atomic E-state index is -0.119. The summed E-state index contributed by atoms with van der Waals surface area (Å²) in [6, 6.07) is 7.66. The molecule has 26 heavy (non-hydrogen) atoms. The van der Waals surface area contributed by atoms with Gasteiger partial charge in [0.05, 0.1) is 17.8 Å². The average molecular weight is 355 g/mol. The molecule has 1 saturated heterocycles. The average Bonchev–Trinajstić information content (AvgIpc) is 3.35. The fourth-order valence-corrected chi connectivity index (χ4v) is 4.16. The molecule has 0 radical (unpaired) electrons. The van der Waals surface area contributed by atoms with Gasteiger partial charge in [-0.3, -0.25) is 14.5 Å². The minimum Gasteiger partial charge on any atom is -0.352 e. The van der Waals surface area contributed by atoms with E-state index in [0.29, 0.717) is 5.69 Å². The number of hydrogen-bond acceptors (Lipinski definition) is 4. The second-order valence-corrected chi connectivity index (χ2v) is 7.41. The number of pyridine rings is 1. The SMILES string of the molecule is CN1CCC[C@H]1C(=O)N[C@@H]1CC[C@H](NC(=O)c2cccc3ccnn23)C1. The van der Waals surface area contributed by atoms with Crippen LogP contribution < -0.4 is 10.6 Å². The third-order valence-corrected chi connectivity index (χ3v) is 5.59. The van der Waals surface area contributed by atoms with E-state index in [1.165, 1.54) is 0 Å². The molecule has 7 nitrogen and oxygen atoms in total. The van der Waals surface area contributed by atoms with E-state index in [-0.39, 0.29) is 29.9 Å². The van der Waals surface area contributed by atoms with Crippen molar-refractivity contribution in [1.29, 1.82) is 0 Å². The predicted molar refractivity (Wildman–Crippen MR) is 97.9 cm³/mol. The Hall–Kier alpha value is -2.41. The van der Waals surface area contributed by atoms with Crippen LogP contribution in [0.15, 0.2) is 30.5 Å². The molecule has 0 aromatic carbocycles. The molecule has 2 N–H and O–H groups in total. The summed E-state index contributed by atoms with van der Waals surface area (Å²) < 4.78 is 1.65. The monoisotopic (exact) mass is 355 g/mol. The largest absolute Gasteiger partial charge is 0.352 e. The van der Waals surface area contributed by atoms with Gasteiger partial charge in [0.1, 0.15) is 5.69 Å². The van der Waals surface area contributed by atoms with E-state index in [1.807, 2.05) is 25.2 Å². The molecular formula is C19H25N5O2. The van der Waals surface area contributed by atoms with Crippen LogP contribution in [0, 0.1) is 0 Å². The lowest BCUT2D eigenvalue weighted by atomic mass is 10.1. The Bertz CT molecular complexity index is 817. The highest BCUT2D eigenvalue weighted by molar-refractivity contribution is 5.93. The van der Waals surface area contributed by atoms with Crippen molar-refractivity contribution in [3.05, 3.63) is 36.2 Å². The number of aromatic nitrogens is 2. The van der Waals surface area contributed by atoms with Crippen molar-refractivity contribution in [2.75, 3.05) is 13.6 Å². The van der Waals surface area contributed by atoms with E-state index < -0.39 is 0 Å². The zero-order chi connectivity index (χ0) is 18.1. The molecule has 7 heteroatoms. The zero-order valence-corrected chi connectivity index (χ0v) is 15.0. The molecule has 1 aliphatic carbocycles. The summed E-state index contributed by atoms with van der Waals surface area (Å²) in [5, 5.41) is 10.5. The fraction of sp³-hybridized carbons (Fsp3) is 0.526. The number of rotatable bonds is 4. The molecule has 1 aliphatic heterocycles. The molecule has 2 aliphatic rings. The van der Waals surface area contributed by atoms with Gasteiger partial charge in [-0.25, -0.2) is 4.52 Å². The molecule has 2 aromatic heterocycles. The summed E-state index contributed by atoms with van der Waals surface area (Å²) in [7, 11) is 2.00. The Morgan fingerprint density at radius 2 is 1.92 bits per heavy atom. The van der Waals surface area contributed by atoms with Crippen LogP contribution >= 0.6 is 0 Å². The van der Waals surface area contributed by atoms with Gasteiger partial charge < -0.3 is 10.6 Å². The van der Waals surface area contributed by atoms with Crippen molar-refractivity contribution < 1.29 is 9.59 Å². The van der Waals surface area contributed by atoms with Gasteiger partial charge in [-0.15, -0.1) is 0 Å². The smallest absolute Gasteiger partial charge is 0.270 e. The number of fused-ring (bicyclic) bond motifs is 1. The van der Waals surface area contributed by atoms with Gasteiger partial charge in [0.25, 0.3) is 5.91 Å². The van der Waals surface area contributed by atoms with Gasteiger partial charge >= 0.3 is 0 Å². The highest BCUT2D eigenvalue weighted by Gasteiger charge is 2.32. The Labute approximate surface area is 152 Å². The third-order valence-electron chi connectivity index (χ3n) is 5.59. The Balaban J connectivity index is 1.33. The molecular weight excluding hydrogens is 330 g/mol. The van der Waals surface area contributed by atoms with E-state index in [0.717, 1.165) is 44.2 Å². The molecule has 0 bridgehead atoms. The first kappa shape index (κ1) is 17.0. The number of carbonyl (C=O) groups excluding carboxylic acids is 2. The van der Waals surface area contributed by atoms with Crippen LogP contribution in [0.4, 0.5) is 0 Å². The number of nitrogens with zero attached hydrogens (tertiary/aromatic N) is 3. The number of likely N-dealkylation sites (N-methyl/N-ethyl adjacent to an activating group) is 1. The standard InChI is InChI=1S/C19H25N5O2/c1-23-11-3-6-16(23)18(25)21-13-7-8-14(12-13)22-19(26)17-5-2-4-15-9-10-20-24(15)17/h2,4-5,9-10,13-14,16H,3,6-8,11-12H2,1H3,(H,21,25)(H,22,26)/t13-,14+,16+/m1/s1. The first-order valence-electron chi connectivity index (χ1n) is 9.36. The Morgan fingerprint density at radius 1 is 1.12 bits per heavy atom. The van der Waals surface area contributed by atoms with Gasteiger partial charge in [0, 0.05) is 12.1 Å². The zero-order valence-electron chi connectivity index (χ0n) is 15.0. The third kappa shape index (κ3) is 3.31. The van der Waals surface area contributed by atoms with Gasteiger partial charge in [-0.05, 0) is 63.9 Å². The van der Waals surface area contributed by atoms with Crippen molar-refractivity contribution >= 4 is 17.3 Å². The fourth-order valence-electron chi connectivity index (χ4n) is 4.16. The van der Waals surface area contributed by atoms with E-state index in [4.69, 9.17) is 0 Å². The van der Waals surface area contributed by atoms with Crippen LogP contribution in [0.25, 0.3) is 5.52 Å². The molecule has 2 fully saturated rings. The predicted octanol–water partition coefficient (Wildman–Crippen LogP) is 1.20. The first-order valence-corrected chi connectivity index (χ1v) is 9.36. The lowest BCUT2D eigenvalue weighted by Gasteiger charge is -2.21. The molecule has 2 aromatic rings. The molecule has 138 valence electrons. The highest BCUT2D eigenvalue weighted by Crippen LogP contribution is 2.21. The molecule has 1 saturated carbocycles. The molecule has 2 amide bonds. The second-order valence-electron chi connectivity index (χ2n) is 7.41. The Morgan fingerprint density at radius 3 is 2.69 bits per heavy atom. The molecule has 3 atom stereocenters. The maximum atomic E-state index is 12.6. The van der Waals surface area contributed by atoms with Crippen LogP contribution in [-0.4, -0.2) is 58.0 Å². The number of carbonyl (C=O) groups is 2. The topological polar surface area (TPSA) is 78.7 Å². The van der Waals surface area contributed by atoms with E-state index >= 15 is 0 Å². The Kier molecular flexibility index (Phi) is 4.63. The van der Waals surface area contributed by atoms with Crippen LogP contribution in [0.5, 0.6) is 0 Å². The summed E-state index contributed by atoms with van der Waals surface area (Å²) in [5.41, 5.74) is 1.43. The number of hydrogen-bond donors (Lipinski definition) is 2. The molecule has 4 rings (SSSR count). The number of amides is 2. The highest BCUT2D eigenvalue weighted by atomic mass is 16.2. The molecule has 0 spiro atoms. The number of likely N-dealkylation sites (tertiary alicyclic amines) is 1. The van der Waals surface area contributed by atoms with Crippen LogP contribution in [-0.2, 0) is 4.79 Å². The lowest BCUT2D eigenvalue weighted by Crippen LogP contribution is -2.45. The maximum Gasteiger partial charge on any atom is 0.270 e. The van der Waals surface area contributed by atoms with E-state index in [2.05, 4.69) is 20.6 Å². The van der Waals surface area contributed by atoms with E-state index in [9.17, 15) is 9.59 Å². The van der Waals surface area contributed by atoms with Crippen LogP contribution in [0.1, 0.15) is 42.6 Å². The van der Waals surface area contributed by atoms with Crippen molar-refractivity contribution in [2.24, 2.45) is 0 Å². The normalized spacial score (nSPS) is 26.3. The van der Waals surface area contributed by atoms with Crippen molar-refractivity contribution in [2.45, 2.75) is 50.2 Å². The van der Waals surface area contributed by atoms with Crippen molar-refractivity contribution in [3.63, 3.8) is 0 Å². The van der Waals surface area contributed by atoms with Gasteiger partial charge in [-0.2, -0.15) is 5.10 Å². The van der Waals surface area contributed by atoms with Gasteiger partial charge in [-0.1, -0.05) is 6.07 Å².